The standard InChI is InChI=1S/C18H15NO2/c1-13-7-9-14(10-8-13)17-11-16(21-19-17)12-18(20)15-5-3-2-4-6-15/h2-11H,12H2,1H3. The molecule has 0 radical (unpaired) electrons. The molecule has 0 amide bonds. The van der Waals surface area contributed by atoms with Gasteiger partial charge >= 0.3 is 0 Å². The van der Waals surface area contributed by atoms with Gasteiger partial charge in [0.05, 0.1) is 6.42 Å². The van der Waals surface area contributed by atoms with Crippen molar-refractivity contribution in [3.8, 4) is 11.3 Å². The van der Waals surface area contributed by atoms with Crippen LogP contribution in [0.25, 0.3) is 11.3 Å². The number of hydrogen-bond donors (Lipinski definition) is 0. The van der Waals surface area contributed by atoms with Gasteiger partial charge in [-0.05, 0) is 6.92 Å². The fourth-order valence-electron chi connectivity index (χ4n) is 2.14. The zero-order chi connectivity index (χ0) is 14.7. The Kier molecular flexibility index (Phi) is 3.65. The minimum absolute atomic E-state index is 0.0298. The number of rotatable bonds is 4. The molecule has 0 saturated heterocycles. The number of Topliss-reactive ketones (excluding diaryl/α,β-unsaturated/α-hetero) is 1. The SMILES string of the molecule is Cc1ccc(-c2cc(CC(=O)c3ccccc3)on2)cc1. The van der Waals surface area contributed by atoms with Crippen LogP contribution in [-0.4, -0.2) is 10.9 Å². The first-order chi connectivity index (χ1) is 10.2. The van der Waals surface area contributed by atoms with Crippen LogP contribution in [0.1, 0.15) is 21.7 Å². The molecule has 0 N–H and O–H groups in total. The molecule has 0 aliphatic rings. The minimum atomic E-state index is 0.0298. The quantitative estimate of drug-likeness (QED) is 0.675. The Bertz CT molecular complexity index is 742. The molecular weight excluding hydrogens is 262 g/mol. The lowest BCUT2D eigenvalue weighted by Crippen LogP contribution is -2.02. The predicted molar refractivity (Wildman–Crippen MR) is 81.2 cm³/mol. The van der Waals surface area contributed by atoms with Crippen LogP contribution in [0.15, 0.2) is 65.2 Å². The van der Waals surface area contributed by atoms with Crippen molar-refractivity contribution in [2.75, 3.05) is 0 Å². The summed E-state index contributed by atoms with van der Waals surface area (Å²) in [5.74, 6) is 0.613. The van der Waals surface area contributed by atoms with Crippen LogP contribution in [0.4, 0.5) is 0 Å². The number of benzene rings is 2. The van der Waals surface area contributed by atoms with Crippen molar-refractivity contribution in [1.82, 2.24) is 5.16 Å². The van der Waals surface area contributed by atoms with Crippen molar-refractivity contribution < 1.29 is 9.32 Å². The van der Waals surface area contributed by atoms with Gasteiger partial charge in [-0.1, -0.05) is 65.3 Å². The van der Waals surface area contributed by atoms with E-state index in [4.69, 9.17) is 4.52 Å². The lowest BCUT2D eigenvalue weighted by molar-refractivity contribution is 0.0984. The third-order valence-corrected chi connectivity index (χ3v) is 3.34. The van der Waals surface area contributed by atoms with Crippen LogP contribution in [0, 0.1) is 6.92 Å². The molecule has 0 atom stereocenters. The topological polar surface area (TPSA) is 43.1 Å². The Morgan fingerprint density at radius 1 is 1.05 bits per heavy atom. The van der Waals surface area contributed by atoms with E-state index in [1.807, 2.05) is 55.5 Å². The van der Waals surface area contributed by atoms with Crippen molar-refractivity contribution in [3.63, 3.8) is 0 Å². The summed E-state index contributed by atoms with van der Waals surface area (Å²) in [4.78, 5) is 12.1. The van der Waals surface area contributed by atoms with Crippen molar-refractivity contribution in [1.29, 1.82) is 0 Å². The number of hydrogen-bond acceptors (Lipinski definition) is 3. The van der Waals surface area contributed by atoms with Crippen LogP contribution in [-0.2, 0) is 6.42 Å². The average molecular weight is 277 g/mol. The molecule has 3 nitrogen and oxygen atoms in total. The largest absolute Gasteiger partial charge is 0.360 e. The zero-order valence-corrected chi connectivity index (χ0v) is 11.7. The highest BCUT2D eigenvalue weighted by atomic mass is 16.5. The lowest BCUT2D eigenvalue weighted by Gasteiger charge is -1.97. The molecule has 3 aromatic rings. The fraction of sp³-hybridized carbons (Fsp3) is 0.111. The van der Waals surface area contributed by atoms with E-state index in [2.05, 4.69) is 5.16 Å². The Morgan fingerprint density at radius 2 is 1.76 bits per heavy atom. The molecule has 0 fully saturated rings. The maximum atomic E-state index is 12.1. The normalized spacial score (nSPS) is 10.5. The van der Waals surface area contributed by atoms with Crippen molar-refractivity contribution >= 4 is 5.78 Å². The van der Waals surface area contributed by atoms with Gasteiger partial charge in [-0.25, -0.2) is 0 Å². The summed E-state index contributed by atoms with van der Waals surface area (Å²) in [7, 11) is 0. The molecule has 0 aliphatic carbocycles. The Hall–Kier alpha value is -2.68. The lowest BCUT2D eigenvalue weighted by atomic mass is 10.1. The summed E-state index contributed by atoms with van der Waals surface area (Å²) in [5.41, 5.74) is 3.63. The first kappa shape index (κ1) is 13.3. The predicted octanol–water partition coefficient (Wildman–Crippen LogP) is 4.08. The highest BCUT2D eigenvalue weighted by molar-refractivity contribution is 5.97. The summed E-state index contributed by atoms with van der Waals surface area (Å²) < 4.78 is 5.27. The van der Waals surface area contributed by atoms with E-state index in [-0.39, 0.29) is 12.2 Å². The number of aromatic nitrogens is 1. The highest BCUT2D eigenvalue weighted by Gasteiger charge is 2.12. The third kappa shape index (κ3) is 3.08. The summed E-state index contributed by atoms with van der Waals surface area (Å²) >= 11 is 0. The molecular formula is C18H15NO2. The third-order valence-electron chi connectivity index (χ3n) is 3.34. The Labute approximate surface area is 123 Å². The van der Waals surface area contributed by atoms with Crippen LogP contribution < -0.4 is 0 Å². The number of nitrogens with zero attached hydrogens (tertiary/aromatic N) is 1. The molecule has 104 valence electrons. The fourth-order valence-corrected chi connectivity index (χ4v) is 2.14. The van der Waals surface area contributed by atoms with Gasteiger partial charge in [0.1, 0.15) is 11.5 Å². The van der Waals surface area contributed by atoms with Crippen molar-refractivity contribution in [2.45, 2.75) is 13.3 Å². The number of carbonyl (C=O) groups excluding carboxylic acids is 1. The van der Waals surface area contributed by atoms with E-state index >= 15 is 0 Å². The summed E-state index contributed by atoms with van der Waals surface area (Å²) in [5, 5.41) is 4.04. The first-order valence-electron chi connectivity index (χ1n) is 6.83. The van der Waals surface area contributed by atoms with Gasteiger partial charge in [-0.2, -0.15) is 0 Å². The monoisotopic (exact) mass is 277 g/mol. The zero-order valence-electron chi connectivity index (χ0n) is 11.7. The summed E-state index contributed by atoms with van der Waals surface area (Å²) in [6.45, 7) is 2.04. The van der Waals surface area contributed by atoms with Gasteiger partial charge in [0.2, 0.25) is 0 Å². The van der Waals surface area contributed by atoms with Crippen LogP contribution in [0.2, 0.25) is 0 Å². The molecule has 0 unspecified atom stereocenters. The average Bonchev–Trinajstić information content (AvgIpc) is 2.97. The van der Waals surface area contributed by atoms with E-state index in [1.165, 1.54) is 5.56 Å². The molecule has 1 aromatic heterocycles. The van der Waals surface area contributed by atoms with Crippen LogP contribution in [0.5, 0.6) is 0 Å². The number of carbonyl (C=O) groups is 1. The number of aryl methyl sites for hydroxylation is 1. The second-order valence-corrected chi connectivity index (χ2v) is 5.01. The molecule has 0 aliphatic heterocycles. The summed E-state index contributed by atoms with van der Waals surface area (Å²) in [6, 6.07) is 19.1. The smallest absolute Gasteiger partial charge is 0.170 e. The molecule has 2 aromatic carbocycles. The van der Waals surface area contributed by atoms with Crippen molar-refractivity contribution in [3.05, 3.63) is 77.6 Å². The number of ketones is 1. The molecule has 0 bridgehead atoms. The molecule has 1 heterocycles. The van der Waals surface area contributed by atoms with Crippen LogP contribution >= 0.6 is 0 Å². The van der Waals surface area contributed by atoms with E-state index < -0.39 is 0 Å². The van der Waals surface area contributed by atoms with Gasteiger partial charge in [0.25, 0.3) is 0 Å². The second-order valence-electron chi connectivity index (χ2n) is 5.01. The van der Waals surface area contributed by atoms with Gasteiger partial charge in [0, 0.05) is 17.2 Å². The van der Waals surface area contributed by atoms with Crippen molar-refractivity contribution in [2.24, 2.45) is 0 Å². The maximum Gasteiger partial charge on any atom is 0.170 e. The Balaban J connectivity index is 1.76. The van der Waals surface area contributed by atoms with E-state index in [0.717, 1.165) is 11.3 Å². The van der Waals surface area contributed by atoms with Gasteiger partial charge in [-0.3, -0.25) is 4.79 Å². The molecule has 3 heteroatoms. The summed E-state index contributed by atoms with van der Waals surface area (Å²) in [6.07, 6.45) is 0.225. The Morgan fingerprint density at radius 3 is 2.48 bits per heavy atom. The minimum Gasteiger partial charge on any atom is -0.360 e. The molecule has 3 rings (SSSR count). The van der Waals surface area contributed by atoms with Gasteiger partial charge in [0.15, 0.2) is 5.78 Å². The highest BCUT2D eigenvalue weighted by Crippen LogP contribution is 2.20. The van der Waals surface area contributed by atoms with E-state index in [9.17, 15) is 4.79 Å². The first-order valence-corrected chi connectivity index (χ1v) is 6.83. The maximum absolute atomic E-state index is 12.1. The molecule has 0 spiro atoms. The van der Waals surface area contributed by atoms with Gasteiger partial charge in [-0.15, -0.1) is 0 Å². The molecule has 0 saturated carbocycles. The van der Waals surface area contributed by atoms with Gasteiger partial charge < -0.3 is 4.52 Å². The van der Waals surface area contributed by atoms with E-state index in [0.29, 0.717) is 11.3 Å². The molecule has 21 heavy (non-hydrogen) atoms. The second kappa shape index (κ2) is 5.75. The van der Waals surface area contributed by atoms with Crippen LogP contribution in [0.3, 0.4) is 0 Å². The van der Waals surface area contributed by atoms with E-state index in [1.54, 1.807) is 12.1 Å².